The molecule has 0 saturated carbocycles. The number of benzene rings is 2. The van der Waals surface area contributed by atoms with Crippen LogP contribution in [0.1, 0.15) is 15.9 Å². The van der Waals surface area contributed by atoms with Gasteiger partial charge in [-0.1, -0.05) is 30.3 Å². The summed E-state index contributed by atoms with van der Waals surface area (Å²) in [4.78, 5) is 20.2. The fourth-order valence-corrected chi connectivity index (χ4v) is 2.09. The molecule has 0 spiro atoms. The number of amides is 1. The van der Waals surface area contributed by atoms with Crippen molar-refractivity contribution in [2.75, 3.05) is 5.32 Å². The molecular formula is C16H14N4O2. The lowest BCUT2D eigenvalue weighted by molar-refractivity contribution is 0.0706. The normalized spacial score (nSPS) is 10.4. The second kappa shape index (κ2) is 6.19. The second-order valence-electron chi connectivity index (χ2n) is 4.74. The standard InChI is InChI=1S/C16H14N4O2/c21-16(20-22)12-6-7-13-14(8-12)19-15(10-17-13)18-9-11-4-2-1-3-5-11/h1-8,10,22H,9H2,(H,18,19)(H,20,21). The Balaban J connectivity index is 1.83. The monoisotopic (exact) mass is 294 g/mol. The van der Waals surface area contributed by atoms with E-state index in [4.69, 9.17) is 5.21 Å². The van der Waals surface area contributed by atoms with Gasteiger partial charge >= 0.3 is 0 Å². The Morgan fingerprint density at radius 3 is 2.68 bits per heavy atom. The van der Waals surface area contributed by atoms with E-state index in [1.54, 1.807) is 29.9 Å². The minimum atomic E-state index is -0.577. The lowest BCUT2D eigenvalue weighted by Gasteiger charge is -2.07. The Hall–Kier alpha value is -2.99. The number of carbonyl (C=O) groups excluding carboxylic acids is 1. The average molecular weight is 294 g/mol. The molecule has 0 fully saturated rings. The van der Waals surface area contributed by atoms with Gasteiger partial charge in [0.2, 0.25) is 0 Å². The van der Waals surface area contributed by atoms with Crippen LogP contribution in [0.15, 0.2) is 54.7 Å². The van der Waals surface area contributed by atoms with Gasteiger partial charge in [0, 0.05) is 12.1 Å². The Bertz CT molecular complexity index is 806. The molecule has 6 heteroatoms. The molecule has 1 heterocycles. The molecule has 3 aromatic rings. The van der Waals surface area contributed by atoms with E-state index >= 15 is 0 Å². The molecule has 0 atom stereocenters. The Morgan fingerprint density at radius 2 is 1.91 bits per heavy atom. The number of hydrogen-bond donors (Lipinski definition) is 3. The summed E-state index contributed by atoms with van der Waals surface area (Å²) in [5.74, 6) is 0.0456. The highest BCUT2D eigenvalue weighted by Crippen LogP contribution is 2.15. The molecule has 110 valence electrons. The molecule has 6 nitrogen and oxygen atoms in total. The fraction of sp³-hybridized carbons (Fsp3) is 0.0625. The second-order valence-corrected chi connectivity index (χ2v) is 4.74. The van der Waals surface area contributed by atoms with Crippen LogP contribution in [0.2, 0.25) is 0 Å². The highest BCUT2D eigenvalue weighted by Gasteiger charge is 2.07. The third-order valence-corrected chi connectivity index (χ3v) is 3.22. The summed E-state index contributed by atoms with van der Waals surface area (Å²) in [6.07, 6.45) is 1.65. The molecule has 22 heavy (non-hydrogen) atoms. The van der Waals surface area contributed by atoms with E-state index in [1.807, 2.05) is 30.3 Å². The van der Waals surface area contributed by atoms with Gasteiger partial charge in [-0.25, -0.2) is 10.5 Å². The van der Waals surface area contributed by atoms with E-state index < -0.39 is 5.91 Å². The highest BCUT2D eigenvalue weighted by atomic mass is 16.5. The molecule has 0 unspecified atom stereocenters. The van der Waals surface area contributed by atoms with Crippen LogP contribution in [0.4, 0.5) is 5.82 Å². The molecule has 3 rings (SSSR count). The summed E-state index contributed by atoms with van der Waals surface area (Å²) < 4.78 is 0. The molecule has 0 bridgehead atoms. The molecule has 1 aromatic heterocycles. The Morgan fingerprint density at radius 1 is 1.09 bits per heavy atom. The largest absolute Gasteiger partial charge is 0.365 e. The quantitative estimate of drug-likeness (QED) is 0.508. The van der Waals surface area contributed by atoms with Crippen LogP contribution < -0.4 is 10.8 Å². The minimum Gasteiger partial charge on any atom is -0.365 e. The number of aromatic nitrogens is 2. The number of nitrogens with one attached hydrogen (secondary N) is 2. The van der Waals surface area contributed by atoms with Crippen molar-refractivity contribution in [3.63, 3.8) is 0 Å². The van der Waals surface area contributed by atoms with Gasteiger partial charge in [0.1, 0.15) is 5.82 Å². The van der Waals surface area contributed by atoms with E-state index in [9.17, 15) is 4.79 Å². The van der Waals surface area contributed by atoms with Gasteiger partial charge in [0.15, 0.2) is 0 Å². The maximum atomic E-state index is 11.4. The maximum Gasteiger partial charge on any atom is 0.274 e. The summed E-state index contributed by atoms with van der Waals surface area (Å²) in [7, 11) is 0. The highest BCUT2D eigenvalue weighted by molar-refractivity contribution is 5.96. The van der Waals surface area contributed by atoms with E-state index in [1.165, 1.54) is 0 Å². The molecule has 0 aliphatic heterocycles. The molecule has 3 N–H and O–H groups in total. The average Bonchev–Trinajstić information content (AvgIpc) is 2.59. The van der Waals surface area contributed by atoms with E-state index in [0.717, 1.165) is 5.56 Å². The van der Waals surface area contributed by atoms with Crippen LogP contribution in [0.3, 0.4) is 0 Å². The van der Waals surface area contributed by atoms with Gasteiger partial charge in [-0.15, -0.1) is 0 Å². The van der Waals surface area contributed by atoms with Crippen molar-refractivity contribution in [2.24, 2.45) is 0 Å². The van der Waals surface area contributed by atoms with Gasteiger partial charge in [0.05, 0.1) is 17.2 Å². The van der Waals surface area contributed by atoms with Gasteiger partial charge < -0.3 is 5.32 Å². The predicted molar refractivity (Wildman–Crippen MR) is 82.6 cm³/mol. The molecule has 0 aliphatic rings. The Labute approximate surface area is 126 Å². The first-order valence-electron chi connectivity index (χ1n) is 6.75. The smallest absolute Gasteiger partial charge is 0.274 e. The number of anilines is 1. The van der Waals surface area contributed by atoms with Gasteiger partial charge in [-0.05, 0) is 23.8 Å². The molecular weight excluding hydrogens is 280 g/mol. The van der Waals surface area contributed by atoms with Crippen LogP contribution in [0.25, 0.3) is 11.0 Å². The summed E-state index contributed by atoms with van der Waals surface area (Å²) in [5, 5.41) is 11.9. The number of nitrogens with zero attached hydrogens (tertiary/aromatic N) is 2. The summed E-state index contributed by atoms with van der Waals surface area (Å²) >= 11 is 0. The molecule has 1 amide bonds. The van der Waals surface area contributed by atoms with E-state index in [-0.39, 0.29) is 0 Å². The number of hydroxylamine groups is 1. The molecule has 0 saturated heterocycles. The van der Waals surface area contributed by atoms with Crippen molar-refractivity contribution in [1.29, 1.82) is 0 Å². The third-order valence-electron chi connectivity index (χ3n) is 3.22. The van der Waals surface area contributed by atoms with Crippen molar-refractivity contribution in [3.8, 4) is 0 Å². The zero-order chi connectivity index (χ0) is 15.4. The fourth-order valence-electron chi connectivity index (χ4n) is 2.09. The topological polar surface area (TPSA) is 87.1 Å². The summed E-state index contributed by atoms with van der Waals surface area (Å²) in [5.41, 5.74) is 4.33. The van der Waals surface area contributed by atoms with E-state index in [0.29, 0.717) is 29.0 Å². The first-order chi connectivity index (χ1) is 10.8. The van der Waals surface area contributed by atoms with Gasteiger partial charge in [0.25, 0.3) is 5.91 Å². The molecule has 2 aromatic carbocycles. The van der Waals surface area contributed by atoms with Gasteiger partial charge in [-0.2, -0.15) is 0 Å². The zero-order valence-electron chi connectivity index (χ0n) is 11.7. The van der Waals surface area contributed by atoms with Crippen molar-refractivity contribution >= 4 is 22.8 Å². The Kier molecular flexibility index (Phi) is 3.93. The van der Waals surface area contributed by atoms with Crippen LogP contribution >= 0.6 is 0 Å². The van der Waals surface area contributed by atoms with Crippen molar-refractivity contribution in [2.45, 2.75) is 6.54 Å². The number of hydrogen-bond acceptors (Lipinski definition) is 5. The van der Waals surface area contributed by atoms with Crippen LogP contribution in [-0.4, -0.2) is 21.1 Å². The first-order valence-corrected chi connectivity index (χ1v) is 6.75. The van der Waals surface area contributed by atoms with Crippen molar-refractivity contribution < 1.29 is 10.0 Å². The third kappa shape index (κ3) is 3.02. The van der Waals surface area contributed by atoms with Crippen molar-refractivity contribution in [3.05, 3.63) is 65.9 Å². The lowest BCUT2D eigenvalue weighted by atomic mass is 10.2. The van der Waals surface area contributed by atoms with Crippen LogP contribution in [-0.2, 0) is 6.54 Å². The molecule has 0 radical (unpaired) electrons. The van der Waals surface area contributed by atoms with Crippen LogP contribution in [0, 0.1) is 0 Å². The number of fused-ring (bicyclic) bond motifs is 1. The predicted octanol–water partition coefficient (Wildman–Crippen LogP) is 2.36. The maximum absolute atomic E-state index is 11.4. The summed E-state index contributed by atoms with van der Waals surface area (Å²) in [6.45, 7) is 0.637. The number of rotatable bonds is 4. The number of carbonyl (C=O) groups is 1. The first kappa shape index (κ1) is 14.0. The SMILES string of the molecule is O=C(NO)c1ccc2ncc(NCc3ccccc3)nc2c1. The van der Waals surface area contributed by atoms with E-state index in [2.05, 4.69) is 15.3 Å². The molecule has 0 aliphatic carbocycles. The van der Waals surface area contributed by atoms with Gasteiger partial charge in [-0.3, -0.25) is 15.0 Å². The lowest BCUT2D eigenvalue weighted by Crippen LogP contribution is -2.18. The van der Waals surface area contributed by atoms with Crippen LogP contribution in [0.5, 0.6) is 0 Å². The van der Waals surface area contributed by atoms with Crippen molar-refractivity contribution in [1.82, 2.24) is 15.4 Å². The summed E-state index contributed by atoms with van der Waals surface area (Å²) in [6, 6.07) is 14.8. The zero-order valence-corrected chi connectivity index (χ0v) is 11.7. The minimum absolute atomic E-state index is 0.324.